The van der Waals surface area contributed by atoms with E-state index in [0.29, 0.717) is 35.1 Å². The number of carbonyl (C=O) groups excluding carboxylic acids is 1. The first kappa shape index (κ1) is 21.5. The third-order valence-corrected chi connectivity index (χ3v) is 5.51. The van der Waals surface area contributed by atoms with Gasteiger partial charge in [0, 0.05) is 17.7 Å². The van der Waals surface area contributed by atoms with Crippen LogP contribution in [0, 0.1) is 11.3 Å². The molecule has 1 aliphatic rings. The van der Waals surface area contributed by atoms with Gasteiger partial charge in [0.2, 0.25) is 12.2 Å². The van der Waals surface area contributed by atoms with Crippen LogP contribution >= 0.6 is 0 Å². The molecular formula is C24H24N4O4. The lowest BCUT2D eigenvalue weighted by molar-refractivity contribution is -0.120. The van der Waals surface area contributed by atoms with Crippen LogP contribution in [-0.4, -0.2) is 45.8 Å². The number of nitrogens with zero attached hydrogens (tertiary/aromatic N) is 4. The van der Waals surface area contributed by atoms with E-state index in [2.05, 4.69) is 16.2 Å². The van der Waals surface area contributed by atoms with Crippen LogP contribution in [0.3, 0.4) is 0 Å². The molecule has 4 rings (SSSR count). The number of benzene rings is 2. The quantitative estimate of drug-likeness (QED) is 0.542. The minimum atomic E-state index is -0.0792. The van der Waals surface area contributed by atoms with Crippen LogP contribution in [0.2, 0.25) is 0 Å². The van der Waals surface area contributed by atoms with Crippen LogP contribution in [0.4, 0.5) is 0 Å². The Morgan fingerprint density at radius 2 is 2.22 bits per heavy atom. The van der Waals surface area contributed by atoms with Gasteiger partial charge < -0.3 is 19.3 Å². The Morgan fingerprint density at radius 3 is 2.94 bits per heavy atom. The minimum absolute atomic E-state index is 0.0422. The minimum Gasteiger partial charge on any atom is -0.490 e. The van der Waals surface area contributed by atoms with Crippen LogP contribution in [-0.2, 0) is 11.2 Å². The number of carbonyl (C=O) groups is 1. The predicted molar refractivity (Wildman–Crippen MR) is 117 cm³/mol. The average Bonchev–Trinajstić information content (AvgIpc) is 3.45. The van der Waals surface area contributed by atoms with Crippen molar-refractivity contribution < 1.29 is 19.2 Å². The molecule has 1 aliphatic carbocycles. The summed E-state index contributed by atoms with van der Waals surface area (Å²) >= 11 is 0. The average molecular weight is 432 g/mol. The molecule has 8 nitrogen and oxygen atoms in total. The van der Waals surface area contributed by atoms with Crippen LogP contribution in [0.15, 0.2) is 40.9 Å². The number of hydrogen-bond donors (Lipinski definition) is 1. The van der Waals surface area contributed by atoms with Crippen molar-refractivity contribution in [3.63, 3.8) is 0 Å². The van der Waals surface area contributed by atoms with Crippen LogP contribution in [0.25, 0.3) is 22.8 Å². The van der Waals surface area contributed by atoms with E-state index in [1.807, 2.05) is 32.0 Å². The number of aromatic nitrogens is 2. The Hall–Kier alpha value is -3.70. The summed E-state index contributed by atoms with van der Waals surface area (Å²) in [6, 6.07) is 13.1. The van der Waals surface area contributed by atoms with E-state index >= 15 is 0 Å². The second-order valence-electron chi connectivity index (χ2n) is 7.91. The van der Waals surface area contributed by atoms with E-state index in [4.69, 9.17) is 9.26 Å². The predicted octanol–water partition coefficient (Wildman–Crippen LogP) is 3.50. The maximum absolute atomic E-state index is 11.5. The molecule has 3 aromatic rings. The van der Waals surface area contributed by atoms with Gasteiger partial charge in [-0.25, -0.2) is 0 Å². The zero-order valence-electron chi connectivity index (χ0n) is 18.0. The van der Waals surface area contributed by atoms with Gasteiger partial charge in [-0.05, 0) is 56.0 Å². The normalized spacial score (nSPS) is 14.8. The first-order valence-corrected chi connectivity index (χ1v) is 10.5. The highest BCUT2D eigenvalue weighted by Crippen LogP contribution is 2.40. The maximum Gasteiger partial charge on any atom is 0.258 e. The SMILES string of the molecule is CC(C)Oc1ccc(-c2nc(-c3cccc4c3CC[C@@H]4N(C=O)CCO)no2)cc1C#N. The molecule has 1 aromatic heterocycles. The van der Waals surface area contributed by atoms with Gasteiger partial charge in [0.15, 0.2) is 0 Å². The fraction of sp³-hybridized carbons (Fsp3) is 0.333. The molecule has 1 heterocycles. The standard InChI is InChI=1S/C24H24N4O4/c1-15(2)31-22-9-6-16(12-17(22)13-25)24-26-23(27-32-24)20-5-3-4-19-18(20)7-8-21(19)28(14-30)10-11-29/h3-6,9,12,14-15,21,29H,7-8,10-11H2,1-2H3/t21-/m0/s1. The molecule has 32 heavy (non-hydrogen) atoms. The van der Waals surface area contributed by atoms with Gasteiger partial charge in [-0.1, -0.05) is 23.4 Å². The van der Waals surface area contributed by atoms with Crippen molar-refractivity contribution in [2.45, 2.75) is 38.8 Å². The van der Waals surface area contributed by atoms with Crippen molar-refractivity contribution in [2.75, 3.05) is 13.2 Å². The van der Waals surface area contributed by atoms with Crippen molar-refractivity contribution in [1.82, 2.24) is 15.0 Å². The molecule has 164 valence electrons. The van der Waals surface area contributed by atoms with E-state index in [1.54, 1.807) is 23.1 Å². The van der Waals surface area contributed by atoms with Gasteiger partial charge in [-0.2, -0.15) is 10.2 Å². The molecule has 0 saturated carbocycles. The second kappa shape index (κ2) is 9.20. The Labute approximate surface area is 186 Å². The van der Waals surface area contributed by atoms with Crippen molar-refractivity contribution in [3.8, 4) is 34.7 Å². The van der Waals surface area contributed by atoms with Gasteiger partial charge in [0.05, 0.1) is 24.3 Å². The Bertz CT molecular complexity index is 1170. The van der Waals surface area contributed by atoms with Crippen molar-refractivity contribution >= 4 is 6.41 Å². The number of aliphatic hydroxyl groups is 1. The molecule has 0 spiro atoms. The first-order valence-electron chi connectivity index (χ1n) is 10.5. The number of nitriles is 1. The summed E-state index contributed by atoms with van der Waals surface area (Å²) in [5.41, 5.74) is 4.01. The highest BCUT2D eigenvalue weighted by molar-refractivity contribution is 5.67. The third kappa shape index (κ3) is 4.07. The van der Waals surface area contributed by atoms with E-state index in [-0.39, 0.29) is 18.8 Å². The molecule has 0 radical (unpaired) electrons. The summed E-state index contributed by atoms with van der Waals surface area (Å²) in [5.74, 6) is 1.29. The highest BCUT2D eigenvalue weighted by Gasteiger charge is 2.30. The first-order chi connectivity index (χ1) is 15.5. The van der Waals surface area contributed by atoms with Gasteiger partial charge >= 0.3 is 0 Å². The van der Waals surface area contributed by atoms with E-state index < -0.39 is 0 Å². The second-order valence-corrected chi connectivity index (χ2v) is 7.91. The molecule has 8 heteroatoms. The van der Waals surface area contributed by atoms with Crippen LogP contribution in [0.5, 0.6) is 5.75 Å². The van der Waals surface area contributed by atoms with Crippen LogP contribution < -0.4 is 4.74 Å². The Kier molecular flexibility index (Phi) is 6.19. The monoisotopic (exact) mass is 432 g/mol. The molecule has 2 aromatic carbocycles. The molecule has 0 fully saturated rings. The molecule has 1 atom stereocenters. The van der Waals surface area contributed by atoms with Crippen LogP contribution in [0.1, 0.15) is 43.0 Å². The number of hydrogen-bond acceptors (Lipinski definition) is 7. The van der Waals surface area contributed by atoms with Crippen molar-refractivity contribution in [3.05, 3.63) is 53.1 Å². The Balaban J connectivity index is 1.65. The molecule has 0 saturated heterocycles. The van der Waals surface area contributed by atoms with Gasteiger partial charge in [-0.15, -0.1) is 0 Å². The number of fused-ring (bicyclic) bond motifs is 1. The third-order valence-electron chi connectivity index (χ3n) is 5.51. The highest BCUT2D eigenvalue weighted by atomic mass is 16.5. The lowest BCUT2D eigenvalue weighted by atomic mass is 10.0. The molecule has 0 unspecified atom stereocenters. The topological polar surface area (TPSA) is 112 Å². The van der Waals surface area contributed by atoms with E-state index in [9.17, 15) is 15.2 Å². The zero-order valence-corrected chi connectivity index (χ0v) is 18.0. The summed E-state index contributed by atoms with van der Waals surface area (Å²) in [6.45, 7) is 4.02. The summed E-state index contributed by atoms with van der Waals surface area (Å²) in [4.78, 5) is 17.7. The van der Waals surface area contributed by atoms with Gasteiger partial charge in [0.1, 0.15) is 11.8 Å². The number of aliphatic hydroxyl groups excluding tert-OH is 1. The summed E-state index contributed by atoms with van der Waals surface area (Å²) in [5, 5.41) is 22.9. The molecule has 1 amide bonds. The molecule has 0 aliphatic heterocycles. The van der Waals surface area contributed by atoms with Crippen molar-refractivity contribution in [2.24, 2.45) is 0 Å². The van der Waals surface area contributed by atoms with Gasteiger partial charge in [0.25, 0.3) is 5.89 Å². The zero-order chi connectivity index (χ0) is 22.7. The number of amides is 1. The lowest BCUT2D eigenvalue weighted by Crippen LogP contribution is -2.28. The fourth-order valence-electron chi connectivity index (χ4n) is 4.14. The Morgan fingerprint density at radius 1 is 1.38 bits per heavy atom. The van der Waals surface area contributed by atoms with Gasteiger partial charge in [-0.3, -0.25) is 4.79 Å². The molecule has 0 bridgehead atoms. The summed E-state index contributed by atoms with van der Waals surface area (Å²) in [6.07, 6.45) is 2.29. The van der Waals surface area contributed by atoms with E-state index in [0.717, 1.165) is 35.9 Å². The van der Waals surface area contributed by atoms with Crippen molar-refractivity contribution in [1.29, 1.82) is 5.26 Å². The van der Waals surface area contributed by atoms with E-state index in [1.165, 1.54) is 0 Å². The number of rotatable bonds is 8. The largest absolute Gasteiger partial charge is 0.490 e. The fourth-order valence-corrected chi connectivity index (χ4v) is 4.14. The molecular weight excluding hydrogens is 408 g/mol. The maximum atomic E-state index is 11.5. The summed E-state index contributed by atoms with van der Waals surface area (Å²) in [7, 11) is 0. The lowest BCUT2D eigenvalue weighted by Gasteiger charge is -2.24. The molecule has 1 N–H and O–H groups in total. The summed E-state index contributed by atoms with van der Waals surface area (Å²) < 4.78 is 11.2. The number of ether oxygens (including phenoxy) is 1. The smallest absolute Gasteiger partial charge is 0.258 e.